The predicted octanol–water partition coefficient (Wildman–Crippen LogP) is 2.06. The molecule has 19 heavy (non-hydrogen) atoms. The van der Waals surface area contributed by atoms with Crippen molar-refractivity contribution in [2.24, 2.45) is 0 Å². The smallest absolute Gasteiger partial charge is 0.339 e. The highest BCUT2D eigenvalue weighted by atomic mass is 35.5. The molecule has 0 fully saturated rings. The number of nitrogens with one attached hydrogen (secondary N) is 1. The van der Waals surface area contributed by atoms with Gasteiger partial charge in [0.1, 0.15) is 5.15 Å². The summed E-state index contributed by atoms with van der Waals surface area (Å²) in [7, 11) is 1.31. The highest BCUT2D eigenvalue weighted by Crippen LogP contribution is 2.16. The molecule has 0 saturated heterocycles. The fourth-order valence-corrected chi connectivity index (χ4v) is 1.52. The van der Waals surface area contributed by atoms with Crippen LogP contribution in [0, 0.1) is 0 Å². The molecule has 0 aliphatic heterocycles. The molecule has 0 spiro atoms. The van der Waals surface area contributed by atoms with Gasteiger partial charge < -0.3 is 10.1 Å². The average molecular weight is 283 g/mol. The summed E-state index contributed by atoms with van der Waals surface area (Å²) in [4.78, 5) is 25.9. The van der Waals surface area contributed by atoms with Crippen molar-refractivity contribution >= 4 is 29.6 Å². The van der Waals surface area contributed by atoms with E-state index in [1.165, 1.54) is 20.2 Å². The number of aromatic nitrogens is 1. The monoisotopic (exact) mass is 282 g/mol. The third-order valence-corrected chi connectivity index (χ3v) is 2.59. The molecule has 102 valence electrons. The molecule has 0 aliphatic carbocycles. The largest absolute Gasteiger partial charge is 0.465 e. The van der Waals surface area contributed by atoms with Gasteiger partial charge in [0.2, 0.25) is 5.91 Å². The van der Waals surface area contributed by atoms with E-state index in [2.05, 4.69) is 15.0 Å². The van der Waals surface area contributed by atoms with Crippen LogP contribution in [0.2, 0.25) is 5.15 Å². The predicted molar refractivity (Wildman–Crippen MR) is 72.9 cm³/mol. The van der Waals surface area contributed by atoms with Crippen LogP contribution in [0.1, 0.15) is 29.3 Å². The summed E-state index contributed by atoms with van der Waals surface area (Å²) < 4.78 is 4.61. The molecule has 1 rings (SSSR count). The zero-order valence-electron chi connectivity index (χ0n) is 10.8. The molecule has 1 aromatic heterocycles. The number of pyridine rings is 1. The SMILES string of the molecule is COC(=O)c1cnc(Cl)c(C=CCCNC(C)=O)c1. The van der Waals surface area contributed by atoms with Crippen LogP contribution >= 0.6 is 11.6 Å². The second kappa shape index (κ2) is 7.53. The second-order valence-electron chi connectivity index (χ2n) is 3.77. The molecular formula is C13H15ClN2O3. The Morgan fingerprint density at radius 3 is 2.89 bits per heavy atom. The molecule has 0 radical (unpaired) electrons. The molecule has 1 N–H and O–H groups in total. The lowest BCUT2D eigenvalue weighted by atomic mass is 10.2. The topological polar surface area (TPSA) is 68.3 Å². The summed E-state index contributed by atoms with van der Waals surface area (Å²) in [6.45, 7) is 2.01. The lowest BCUT2D eigenvalue weighted by Crippen LogP contribution is -2.20. The normalized spacial score (nSPS) is 10.5. The van der Waals surface area contributed by atoms with E-state index in [-0.39, 0.29) is 5.91 Å². The van der Waals surface area contributed by atoms with E-state index in [0.717, 1.165) is 0 Å². The van der Waals surface area contributed by atoms with E-state index in [0.29, 0.717) is 29.2 Å². The third-order valence-electron chi connectivity index (χ3n) is 2.27. The lowest BCUT2D eigenvalue weighted by molar-refractivity contribution is -0.118. The van der Waals surface area contributed by atoms with Gasteiger partial charge in [-0.1, -0.05) is 23.8 Å². The van der Waals surface area contributed by atoms with Gasteiger partial charge in [0.25, 0.3) is 0 Å². The highest BCUT2D eigenvalue weighted by molar-refractivity contribution is 6.30. The van der Waals surface area contributed by atoms with Gasteiger partial charge in [-0.15, -0.1) is 0 Å². The Morgan fingerprint density at radius 2 is 2.26 bits per heavy atom. The van der Waals surface area contributed by atoms with Crippen LogP contribution in [-0.2, 0) is 9.53 Å². The first-order valence-electron chi connectivity index (χ1n) is 5.69. The number of halogens is 1. The maximum atomic E-state index is 11.4. The number of ether oxygens (including phenoxy) is 1. The number of hydrogen-bond donors (Lipinski definition) is 1. The fraction of sp³-hybridized carbons (Fsp3) is 0.308. The average Bonchev–Trinajstić information content (AvgIpc) is 2.39. The summed E-state index contributed by atoms with van der Waals surface area (Å²) in [6, 6.07) is 1.61. The van der Waals surface area contributed by atoms with Crippen molar-refractivity contribution in [1.82, 2.24) is 10.3 Å². The van der Waals surface area contributed by atoms with E-state index < -0.39 is 5.97 Å². The zero-order chi connectivity index (χ0) is 14.3. The van der Waals surface area contributed by atoms with Crippen LogP contribution in [0.5, 0.6) is 0 Å². The molecule has 0 saturated carbocycles. The molecule has 1 amide bonds. The zero-order valence-corrected chi connectivity index (χ0v) is 11.5. The Hall–Kier alpha value is -1.88. The molecule has 5 nitrogen and oxygen atoms in total. The maximum absolute atomic E-state index is 11.4. The number of rotatable bonds is 5. The molecule has 0 aromatic carbocycles. The van der Waals surface area contributed by atoms with Crippen molar-refractivity contribution in [1.29, 1.82) is 0 Å². The minimum absolute atomic E-state index is 0.0687. The molecular weight excluding hydrogens is 268 g/mol. The van der Waals surface area contributed by atoms with Crippen LogP contribution in [0.4, 0.5) is 0 Å². The van der Waals surface area contributed by atoms with E-state index in [9.17, 15) is 9.59 Å². The first-order valence-corrected chi connectivity index (χ1v) is 6.07. The number of esters is 1. The summed E-state index contributed by atoms with van der Waals surface area (Å²) in [5.41, 5.74) is 0.973. The number of nitrogens with zero attached hydrogens (tertiary/aromatic N) is 1. The van der Waals surface area contributed by atoms with E-state index in [1.807, 2.05) is 6.08 Å². The molecule has 1 heterocycles. The van der Waals surface area contributed by atoms with Crippen molar-refractivity contribution in [3.8, 4) is 0 Å². The fourth-order valence-electron chi connectivity index (χ4n) is 1.35. The summed E-state index contributed by atoms with van der Waals surface area (Å²) in [5, 5.41) is 2.98. The number of hydrogen-bond acceptors (Lipinski definition) is 4. The maximum Gasteiger partial charge on any atom is 0.339 e. The van der Waals surface area contributed by atoms with Crippen molar-refractivity contribution in [2.45, 2.75) is 13.3 Å². The Bertz CT molecular complexity index is 501. The summed E-state index contributed by atoms with van der Waals surface area (Å²) in [6.07, 6.45) is 5.63. The van der Waals surface area contributed by atoms with Crippen LogP contribution in [0.15, 0.2) is 18.3 Å². The van der Waals surface area contributed by atoms with Gasteiger partial charge in [-0.2, -0.15) is 0 Å². The standard InChI is InChI=1S/C13H15ClN2O3/c1-9(17)15-6-4-3-5-10-7-11(13(18)19-2)8-16-12(10)14/h3,5,7-8H,4,6H2,1-2H3,(H,15,17). The minimum atomic E-state index is -0.461. The van der Waals surface area contributed by atoms with E-state index in [4.69, 9.17) is 11.6 Å². The summed E-state index contributed by atoms with van der Waals surface area (Å²) >= 11 is 5.92. The van der Waals surface area contributed by atoms with Gasteiger partial charge in [-0.25, -0.2) is 9.78 Å². The Labute approximate surface area is 116 Å². The second-order valence-corrected chi connectivity index (χ2v) is 4.13. The van der Waals surface area contributed by atoms with Gasteiger partial charge in [0, 0.05) is 25.2 Å². The van der Waals surface area contributed by atoms with Gasteiger partial charge in [-0.05, 0) is 12.5 Å². The number of carbonyl (C=O) groups excluding carboxylic acids is 2. The molecule has 0 atom stereocenters. The van der Waals surface area contributed by atoms with Crippen molar-refractivity contribution < 1.29 is 14.3 Å². The lowest BCUT2D eigenvalue weighted by Gasteiger charge is -2.02. The van der Waals surface area contributed by atoms with Crippen LogP contribution in [0.3, 0.4) is 0 Å². The molecule has 1 aromatic rings. The van der Waals surface area contributed by atoms with E-state index in [1.54, 1.807) is 12.1 Å². The van der Waals surface area contributed by atoms with E-state index >= 15 is 0 Å². The number of amides is 1. The molecule has 6 heteroatoms. The van der Waals surface area contributed by atoms with Crippen molar-refractivity contribution in [2.75, 3.05) is 13.7 Å². The van der Waals surface area contributed by atoms with Gasteiger partial charge >= 0.3 is 5.97 Å². The van der Waals surface area contributed by atoms with Crippen LogP contribution in [0.25, 0.3) is 6.08 Å². The summed E-state index contributed by atoms with van der Waals surface area (Å²) in [5.74, 6) is -0.530. The van der Waals surface area contributed by atoms with Crippen LogP contribution in [-0.4, -0.2) is 30.5 Å². The van der Waals surface area contributed by atoms with Crippen molar-refractivity contribution in [3.63, 3.8) is 0 Å². The van der Waals surface area contributed by atoms with Crippen LogP contribution < -0.4 is 5.32 Å². The first-order chi connectivity index (χ1) is 9.04. The van der Waals surface area contributed by atoms with Crippen molar-refractivity contribution in [3.05, 3.63) is 34.6 Å². The quantitative estimate of drug-likeness (QED) is 0.510. The molecule has 0 aliphatic rings. The third kappa shape index (κ3) is 5.09. The molecule has 0 unspecified atom stereocenters. The number of carbonyl (C=O) groups is 2. The van der Waals surface area contributed by atoms with Gasteiger partial charge in [-0.3, -0.25) is 4.79 Å². The number of methoxy groups -OCH3 is 1. The first kappa shape index (κ1) is 15.2. The Morgan fingerprint density at radius 1 is 1.53 bits per heavy atom. The van der Waals surface area contributed by atoms with Gasteiger partial charge in [0.15, 0.2) is 0 Å². The Kier molecular flexibility index (Phi) is 6.02. The van der Waals surface area contributed by atoms with Gasteiger partial charge in [0.05, 0.1) is 12.7 Å². The Balaban J connectivity index is 2.69. The molecule has 0 bridgehead atoms. The highest BCUT2D eigenvalue weighted by Gasteiger charge is 2.08. The minimum Gasteiger partial charge on any atom is -0.465 e.